The molecule has 1 fully saturated rings. The Morgan fingerprint density at radius 1 is 1.28 bits per heavy atom. The number of carbonyl (C=O) groups excluding carboxylic acids is 3. The van der Waals surface area contributed by atoms with E-state index in [1.54, 1.807) is 0 Å². The van der Waals surface area contributed by atoms with Crippen molar-refractivity contribution in [2.45, 2.75) is 4.90 Å². The van der Waals surface area contributed by atoms with Crippen molar-refractivity contribution in [2.24, 2.45) is 0 Å². The third-order valence-electron chi connectivity index (χ3n) is 2.42. The first kappa shape index (κ1) is 12.6. The third-order valence-corrected chi connectivity index (χ3v) is 2.69. The average Bonchev–Trinajstić information content (AvgIpc) is 2.30. The molecule has 1 heterocycles. The second-order valence-electron chi connectivity index (χ2n) is 3.80. The lowest BCUT2D eigenvalue weighted by Crippen LogP contribution is -2.53. The van der Waals surface area contributed by atoms with E-state index in [-0.39, 0.29) is 18.7 Å². The van der Waals surface area contributed by atoms with Crippen molar-refractivity contribution in [1.82, 2.24) is 10.2 Å². The molecular formula is C11H9FN2O3S. The van der Waals surface area contributed by atoms with Crippen LogP contribution in [0.1, 0.15) is 10.4 Å². The normalized spacial score (nSPS) is 15.6. The van der Waals surface area contributed by atoms with Crippen molar-refractivity contribution < 1.29 is 18.8 Å². The monoisotopic (exact) mass is 268 g/mol. The molecule has 0 spiro atoms. The van der Waals surface area contributed by atoms with Gasteiger partial charge in [0.1, 0.15) is 18.9 Å². The first-order chi connectivity index (χ1) is 8.47. The minimum atomic E-state index is -0.712. The van der Waals surface area contributed by atoms with Gasteiger partial charge in [-0.25, -0.2) is 4.39 Å². The van der Waals surface area contributed by atoms with Crippen LogP contribution in [-0.2, 0) is 9.59 Å². The number of rotatable bonds is 1. The standard InChI is InChI=1S/C11H9FN2O3S/c12-8-2-1-6(18)3-7(8)11(17)14-4-9(15)13-10(16)5-14/h1-3,18H,4-5H2,(H,13,15,16). The van der Waals surface area contributed by atoms with Crippen LogP contribution in [0.5, 0.6) is 0 Å². The molecule has 1 aromatic rings. The van der Waals surface area contributed by atoms with Crippen LogP contribution in [0.15, 0.2) is 23.1 Å². The van der Waals surface area contributed by atoms with Crippen molar-refractivity contribution in [3.63, 3.8) is 0 Å². The fraction of sp³-hybridized carbons (Fsp3) is 0.182. The SMILES string of the molecule is O=C1CN(C(=O)c2cc(S)ccc2F)CC(=O)N1. The molecule has 1 aromatic carbocycles. The van der Waals surface area contributed by atoms with Gasteiger partial charge in [-0.05, 0) is 18.2 Å². The number of hydrogen-bond donors (Lipinski definition) is 2. The summed E-state index contributed by atoms with van der Waals surface area (Å²) in [6, 6.07) is 3.78. The van der Waals surface area contributed by atoms with Gasteiger partial charge in [0.05, 0.1) is 5.56 Å². The molecule has 1 aliphatic heterocycles. The molecule has 0 bridgehead atoms. The van der Waals surface area contributed by atoms with Gasteiger partial charge in [-0.1, -0.05) is 0 Å². The fourth-order valence-electron chi connectivity index (χ4n) is 1.63. The molecule has 94 valence electrons. The van der Waals surface area contributed by atoms with Gasteiger partial charge in [0, 0.05) is 4.90 Å². The molecule has 0 saturated carbocycles. The van der Waals surface area contributed by atoms with E-state index in [9.17, 15) is 18.8 Å². The Morgan fingerprint density at radius 3 is 2.50 bits per heavy atom. The number of nitrogens with one attached hydrogen (secondary N) is 1. The van der Waals surface area contributed by atoms with Crippen molar-refractivity contribution in [3.8, 4) is 0 Å². The number of piperazine rings is 1. The molecule has 0 radical (unpaired) electrons. The summed E-state index contributed by atoms with van der Waals surface area (Å²) in [5.74, 6) is -2.58. The lowest BCUT2D eigenvalue weighted by Gasteiger charge is -2.25. The van der Waals surface area contributed by atoms with Gasteiger partial charge >= 0.3 is 0 Å². The largest absolute Gasteiger partial charge is 0.320 e. The maximum atomic E-state index is 13.5. The van der Waals surface area contributed by atoms with E-state index in [1.165, 1.54) is 12.1 Å². The van der Waals surface area contributed by atoms with Gasteiger partial charge in [0.2, 0.25) is 11.8 Å². The summed E-state index contributed by atoms with van der Waals surface area (Å²) in [6.07, 6.45) is 0. The summed E-state index contributed by atoms with van der Waals surface area (Å²) in [7, 11) is 0. The quantitative estimate of drug-likeness (QED) is 0.565. The Balaban J connectivity index is 2.28. The van der Waals surface area contributed by atoms with E-state index in [4.69, 9.17) is 0 Å². The predicted molar refractivity (Wildman–Crippen MR) is 62.7 cm³/mol. The molecule has 7 heteroatoms. The van der Waals surface area contributed by atoms with Crippen molar-refractivity contribution in [2.75, 3.05) is 13.1 Å². The summed E-state index contributed by atoms with van der Waals surface area (Å²) in [4.78, 5) is 35.7. The first-order valence-electron chi connectivity index (χ1n) is 5.08. The van der Waals surface area contributed by atoms with Crippen LogP contribution in [0, 0.1) is 5.82 Å². The average molecular weight is 268 g/mol. The third kappa shape index (κ3) is 2.51. The van der Waals surface area contributed by atoms with Crippen molar-refractivity contribution in [1.29, 1.82) is 0 Å². The predicted octanol–water partition coefficient (Wildman–Crippen LogP) is 0.213. The minimum absolute atomic E-state index is 0.204. The number of benzene rings is 1. The van der Waals surface area contributed by atoms with Crippen LogP contribution < -0.4 is 5.32 Å². The molecule has 3 amide bonds. The number of amides is 3. The Labute approximate surface area is 107 Å². The molecule has 5 nitrogen and oxygen atoms in total. The molecule has 18 heavy (non-hydrogen) atoms. The van der Waals surface area contributed by atoms with E-state index in [1.807, 2.05) is 0 Å². The molecule has 0 atom stereocenters. The Hall–Kier alpha value is -1.89. The maximum absolute atomic E-state index is 13.5. The van der Waals surface area contributed by atoms with Gasteiger partial charge < -0.3 is 4.90 Å². The number of nitrogens with zero attached hydrogens (tertiary/aromatic N) is 1. The lowest BCUT2D eigenvalue weighted by molar-refractivity contribution is -0.135. The number of carbonyl (C=O) groups is 3. The first-order valence-corrected chi connectivity index (χ1v) is 5.52. The molecule has 1 aliphatic rings. The van der Waals surface area contributed by atoms with Crippen LogP contribution in [0.4, 0.5) is 4.39 Å². The second-order valence-corrected chi connectivity index (χ2v) is 4.31. The number of hydrogen-bond acceptors (Lipinski definition) is 4. The summed E-state index contributed by atoms with van der Waals surface area (Å²) >= 11 is 4.01. The molecule has 1 N–H and O–H groups in total. The van der Waals surface area contributed by atoms with Crippen LogP contribution >= 0.6 is 12.6 Å². The molecule has 0 aliphatic carbocycles. The summed E-state index contributed by atoms with van der Waals surface area (Å²) in [5.41, 5.74) is -0.204. The minimum Gasteiger partial charge on any atom is -0.320 e. The van der Waals surface area contributed by atoms with E-state index < -0.39 is 23.5 Å². The highest BCUT2D eigenvalue weighted by molar-refractivity contribution is 7.80. The molecule has 2 rings (SSSR count). The van der Waals surface area contributed by atoms with Crippen molar-refractivity contribution >= 4 is 30.4 Å². The maximum Gasteiger partial charge on any atom is 0.257 e. The number of halogens is 1. The molecule has 0 aromatic heterocycles. The van der Waals surface area contributed by atoms with Crippen LogP contribution in [0.3, 0.4) is 0 Å². The highest BCUT2D eigenvalue weighted by Gasteiger charge is 2.28. The van der Waals surface area contributed by atoms with Crippen LogP contribution in [-0.4, -0.2) is 35.7 Å². The zero-order valence-corrected chi connectivity index (χ0v) is 10.0. The van der Waals surface area contributed by atoms with E-state index in [0.717, 1.165) is 11.0 Å². The van der Waals surface area contributed by atoms with Gasteiger partial charge in [0.15, 0.2) is 0 Å². The lowest BCUT2D eigenvalue weighted by atomic mass is 10.1. The summed E-state index contributed by atoms with van der Waals surface area (Å²) in [5, 5.41) is 2.06. The highest BCUT2D eigenvalue weighted by atomic mass is 32.1. The van der Waals surface area contributed by atoms with Gasteiger partial charge in [0.25, 0.3) is 5.91 Å². The van der Waals surface area contributed by atoms with Crippen LogP contribution in [0.2, 0.25) is 0 Å². The Bertz CT molecular complexity index is 531. The summed E-state index contributed by atoms with van der Waals surface area (Å²) in [6.45, 7) is -0.526. The topological polar surface area (TPSA) is 66.5 Å². The van der Waals surface area contributed by atoms with Gasteiger partial charge in [-0.3, -0.25) is 19.7 Å². The zero-order valence-electron chi connectivity index (χ0n) is 9.14. The van der Waals surface area contributed by atoms with E-state index in [2.05, 4.69) is 17.9 Å². The van der Waals surface area contributed by atoms with Gasteiger partial charge in [-0.2, -0.15) is 0 Å². The highest BCUT2D eigenvalue weighted by Crippen LogP contribution is 2.16. The number of imide groups is 1. The Morgan fingerprint density at radius 2 is 1.89 bits per heavy atom. The molecule has 0 unspecified atom stereocenters. The van der Waals surface area contributed by atoms with Crippen molar-refractivity contribution in [3.05, 3.63) is 29.6 Å². The molecule has 1 saturated heterocycles. The van der Waals surface area contributed by atoms with E-state index >= 15 is 0 Å². The summed E-state index contributed by atoms with van der Waals surface area (Å²) < 4.78 is 13.5. The second kappa shape index (κ2) is 4.77. The van der Waals surface area contributed by atoms with Crippen LogP contribution in [0.25, 0.3) is 0 Å². The smallest absolute Gasteiger partial charge is 0.257 e. The van der Waals surface area contributed by atoms with E-state index in [0.29, 0.717) is 4.90 Å². The fourth-order valence-corrected chi connectivity index (χ4v) is 1.83. The number of thiol groups is 1. The van der Waals surface area contributed by atoms with Gasteiger partial charge in [-0.15, -0.1) is 12.6 Å². The molecular weight excluding hydrogens is 259 g/mol. The Kier molecular flexibility index (Phi) is 3.33. The zero-order chi connectivity index (χ0) is 13.3.